The van der Waals surface area contributed by atoms with Crippen LogP contribution >= 0.6 is 11.3 Å². The highest BCUT2D eigenvalue weighted by Gasteiger charge is 2.20. The van der Waals surface area contributed by atoms with Crippen molar-refractivity contribution in [3.63, 3.8) is 0 Å². The van der Waals surface area contributed by atoms with Gasteiger partial charge in [-0.3, -0.25) is 4.79 Å². The molecule has 6 nitrogen and oxygen atoms in total. The first-order valence-corrected chi connectivity index (χ1v) is 8.98. The molecule has 0 radical (unpaired) electrons. The van der Waals surface area contributed by atoms with Crippen LogP contribution in [0, 0.1) is 0 Å². The van der Waals surface area contributed by atoms with E-state index in [0.29, 0.717) is 18.0 Å². The highest BCUT2D eigenvalue weighted by atomic mass is 32.1. The average Bonchev–Trinajstić information content (AvgIpc) is 3.09. The van der Waals surface area contributed by atoms with Gasteiger partial charge in [0.1, 0.15) is 17.3 Å². The summed E-state index contributed by atoms with van der Waals surface area (Å²) in [5, 5.41) is 6.49. The molecule has 1 N–H and O–H groups in total. The number of hydrogen-bond donors (Lipinski definition) is 1. The van der Waals surface area contributed by atoms with E-state index < -0.39 is 5.97 Å². The summed E-state index contributed by atoms with van der Waals surface area (Å²) in [5.74, 6) is -0.215. The maximum atomic E-state index is 11.9. The van der Waals surface area contributed by atoms with Crippen LogP contribution in [0.15, 0.2) is 34.7 Å². The lowest BCUT2D eigenvalue weighted by Crippen LogP contribution is -2.30. The number of hydrogen-bond acceptors (Lipinski definition) is 6. The molecule has 25 heavy (non-hydrogen) atoms. The van der Waals surface area contributed by atoms with Crippen LogP contribution in [0.2, 0.25) is 0 Å². The van der Waals surface area contributed by atoms with Crippen molar-refractivity contribution in [2.45, 2.75) is 39.2 Å². The standard InChI is InChI=1S/C18H19N3O3S/c1-11(2)12-3-5-13(6-4-12)17-19-14(10-25-17)9-24-18(23)15-7-8-16(22)21-20-15/h3-6,10-11H,7-9H2,1-2H3,(H,21,22). The largest absolute Gasteiger partial charge is 0.455 e. The lowest BCUT2D eigenvalue weighted by Gasteiger charge is -2.10. The molecule has 7 heteroatoms. The second-order valence-corrected chi connectivity index (χ2v) is 6.95. The molecule has 0 atom stereocenters. The van der Waals surface area contributed by atoms with Crippen LogP contribution in [0.25, 0.3) is 10.6 Å². The number of nitrogens with one attached hydrogen (secondary N) is 1. The first-order valence-electron chi connectivity index (χ1n) is 8.10. The Kier molecular flexibility index (Phi) is 5.23. The lowest BCUT2D eigenvalue weighted by molar-refractivity contribution is -0.137. The van der Waals surface area contributed by atoms with Gasteiger partial charge in [0, 0.05) is 23.8 Å². The number of amides is 1. The predicted octanol–water partition coefficient (Wildman–Crippen LogP) is 3.24. The highest BCUT2D eigenvalue weighted by molar-refractivity contribution is 7.13. The summed E-state index contributed by atoms with van der Waals surface area (Å²) >= 11 is 1.51. The van der Waals surface area contributed by atoms with Crippen molar-refractivity contribution in [2.24, 2.45) is 5.10 Å². The fourth-order valence-electron chi connectivity index (χ4n) is 2.36. The molecular weight excluding hydrogens is 338 g/mol. The summed E-state index contributed by atoms with van der Waals surface area (Å²) in [4.78, 5) is 27.5. The number of thiazole rings is 1. The fraction of sp³-hybridized carbons (Fsp3) is 0.333. The molecule has 1 amide bonds. The molecular formula is C18H19N3O3S. The van der Waals surface area contributed by atoms with E-state index in [-0.39, 0.29) is 24.6 Å². The molecule has 0 bridgehead atoms. The van der Waals surface area contributed by atoms with Gasteiger partial charge >= 0.3 is 5.97 Å². The number of ether oxygens (including phenoxy) is 1. The molecule has 1 aliphatic heterocycles. The molecule has 0 unspecified atom stereocenters. The molecule has 0 aliphatic carbocycles. The minimum atomic E-state index is -0.518. The summed E-state index contributed by atoms with van der Waals surface area (Å²) in [7, 11) is 0. The zero-order valence-electron chi connectivity index (χ0n) is 14.1. The third-order valence-corrected chi connectivity index (χ3v) is 4.81. The van der Waals surface area contributed by atoms with E-state index in [9.17, 15) is 9.59 Å². The van der Waals surface area contributed by atoms with Gasteiger partial charge in [-0.15, -0.1) is 11.3 Å². The molecule has 2 heterocycles. The zero-order valence-corrected chi connectivity index (χ0v) is 14.9. The SMILES string of the molecule is CC(C)c1ccc(-c2nc(COC(=O)C3=NNC(=O)CC3)cs2)cc1. The Morgan fingerprint density at radius 1 is 1.28 bits per heavy atom. The van der Waals surface area contributed by atoms with Gasteiger partial charge in [-0.1, -0.05) is 38.1 Å². The Hall–Kier alpha value is -2.54. The summed E-state index contributed by atoms with van der Waals surface area (Å²) < 4.78 is 5.23. The van der Waals surface area contributed by atoms with Crippen molar-refractivity contribution in [1.29, 1.82) is 0 Å². The lowest BCUT2D eigenvalue weighted by atomic mass is 10.0. The topological polar surface area (TPSA) is 80.7 Å². The minimum absolute atomic E-state index is 0.0897. The molecule has 0 spiro atoms. The number of hydrazone groups is 1. The zero-order chi connectivity index (χ0) is 17.8. The van der Waals surface area contributed by atoms with Crippen LogP contribution in [0.5, 0.6) is 0 Å². The van der Waals surface area contributed by atoms with Crippen LogP contribution in [-0.2, 0) is 20.9 Å². The van der Waals surface area contributed by atoms with Gasteiger partial charge in [-0.2, -0.15) is 5.10 Å². The number of nitrogens with zero attached hydrogens (tertiary/aromatic N) is 2. The molecule has 0 saturated carbocycles. The van der Waals surface area contributed by atoms with E-state index in [1.54, 1.807) is 0 Å². The minimum Gasteiger partial charge on any atom is -0.455 e. The number of carbonyl (C=O) groups excluding carboxylic acids is 2. The van der Waals surface area contributed by atoms with Crippen molar-refractivity contribution in [3.05, 3.63) is 40.9 Å². The maximum Gasteiger partial charge on any atom is 0.354 e. The summed E-state index contributed by atoms with van der Waals surface area (Å²) in [6.07, 6.45) is 0.552. The quantitative estimate of drug-likeness (QED) is 0.833. The smallest absolute Gasteiger partial charge is 0.354 e. The Labute approximate surface area is 149 Å². The Morgan fingerprint density at radius 2 is 2.04 bits per heavy atom. The van der Waals surface area contributed by atoms with Gasteiger partial charge in [-0.05, 0) is 11.5 Å². The van der Waals surface area contributed by atoms with E-state index in [0.717, 1.165) is 10.6 Å². The van der Waals surface area contributed by atoms with Gasteiger partial charge in [0.25, 0.3) is 0 Å². The number of rotatable bonds is 5. The Balaban J connectivity index is 1.60. The van der Waals surface area contributed by atoms with E-state index in [4.69, 9.17) is 4.74 Å². The number of esters is 1. The van der Waals surface area contributed by atoms with Crippen LogP contribution in [0.3, 0.4) is 0 Å². The first kappa shape index (κ1) is 17.3. The number of aromatic nitrogens is 1. The van der Waals surface area contributed by atoms with E-state index in [1.807, 2.05) is 5.38 Å². The maximum absolute atomic E-state index is 11.9. The normalized spacial score (nSPS) is 14.2. The second-order valence-electron chi connectivity index (χ2n) is 6.09. The van der Waals surface area contributed by atoms with E-state index >= 15 is 0 Å². The highest BCUT2D eigenvalue weighted by Crippen LogP contribution is 2.26. The molecule has 1 aromatic heterocycles. The van der Waals surface area contributed by atoms with Crippen molar-refractivity contribution in [1.82, 2.24) is 10.4 Å². The molecule has 0 fully saturated rings. The third kappa shape index (κ3) is 4.30. The van der Waals surface area contributed by atoms with Gasteiger partial charge in [-0.25, -0.2) is 15.2 Å². The van der Waals surface area contributed by atoms with Crippen molar-refractivity contribution in [2.75, 3.05) is 0 Å². The van der Waals surface area contributed by atoms with Crippen molar-refractivity contribution < 1.29 is 14.3 Å². The Morgan fingerprint density at radius 3 is 2.68 bits per heavy atom. The summed E-state index contributed by atoms with van der Waals surface area (Å²) in [6.45, 7) is 4.41. The fourth-order valence-corrected chi connectivity index (χ4v) is 3.17. The predicted molar refractivity (Wildman–Crippen MR) is 96.2 cm³/mol. The van der Waals surface area contributed by atoms with Crippen LogP contribution in [-0.4, -0.2) is 22.6 Å². The van der Waals surface area contributed by atoms with Gasteiger partial charge in [0.15, 0.2) is 0 Å². The molecule has 1 aliphatic rings. The monoisotopic (exact) mass is 357 g/mol. The molecule has 2 aromatic rings. The molecule has 1 aromatic carbocycles. The van der Waals surface area contributed by atoms with Crippen LogP contribution in [0.1, 0.15) is 43.9 Å². The van der Waals surface area contributed by atoms with Gasteiger partial charge in [0.2, 0.25) is 5.91 Å². The number of benzene rings is 1. The molecule has 3 rings (SSSR count). The van der Waals surface area contributed by atoms with E-state index in [2.05, 4.69) is 53.6 Å². The third-order valence-electron chi connectivity index (χ3n) is 3.87. The molecule has 130 valence electrons. The van der Waals surface area contributed by atoms with Crippen LogP contribution in [0.4, 0.5) is 0 Å². The van der Waals surface area contributed by atoms with Gasteiger partial charge < -0.3 is 4.74 Å². The Bertz CT molecular complexity index is 809. The van der Waals surface area contributed by atoms with Crippen LogP contribution < -0.4 is 5.43 Å². The van der Waals surface area contributed by atoms with Crippen molar-refractivity contribution in [3.8, 4) is 10.6 Å². The average molecular weight is 357 g/mol. The van der Waals surface area contributed by atoms with Crippen molar-refractivity contribution >= 4 is 28.9 Å². The summed E-state index contributed by atoms with van der Waals surface area (Å²) in [6, 6.07) is 8.33. The first-order chi connectivity index (χ1) is 12.0. The second kappa shape index (κ2) is 7.57. The summed E-state index contributed by atoms with van der Waals surface area (Å²) in [5.41, 5.74) is 5.55. The number of carbonyl (C=O) groups is 2. The van der Waals surface area contributed by atoms with E-state index in [1.165, 1.54) is 16.9 Å². The van der Waals surface area contributed by atoms with Gasteiger partial charge in [0.05, 0.1) is 5.69 Å². The molecule has 0 saturated heterocycles.